The van der Waals surface area contributed by atoms with E-state index in [1.54, 1.807) is 23.5 Å². The van der Waals surface area contributed by atoms with E-state index in [1.807, 2.05) is 54.6 Å². The van der Waals surface area contributed by atoms with Crippen LogP contribution in [0.25, 0.3) is 30.9 Å². The molecule has 6 aromatic rings. The zero-order chi connectivity index (χ0) is 34.8. The zero-order valence-electron chi connectivity index (χ0n) is 28.0. The Hall–Kier alpha value is -4.22. The molecule has 1 spiro atoms. The Morgan fingerprint density at radius 2 is 1.78 bits per heavy atom. The number of hydrogen-bond acceptors (Lipinski definition) is 7. The second-order valence-corrected chi connectivity index (χ2v) is 17.1. The molecular weight excluding hydrogens is 689 g/mol. The minimum absolute atomic E-state index is 0.186. The fourth-order valence-electron chi connectivity index (χ4n) is 7.63. The quantitative estimate of drug-likeness (QED) is 0.165. The first-order valence-electron chi connectivity index (χ1n) is 16.7. The van der Waals surface area contributed by atoms with Gasteiger partial charge in [-0.1, -0.05) is 56.6 Å². The van der Waals surface area contributed by atoms with Gasteiger partial charge in [0.2, 0.25) is 0 Å². The number of nitrogens with one attached hydrogen (secondary N) is 2. The normalized spacial score (nSPS) is 16.0. The van der Waals surface area contributed by atoms with Gasteiger partial charge in [-0.2, -0.15) is 0 Å². The molecule has 0 radical (unpaired) electrons. The Balaban J connectivity index is 1.18. The molecule has 2 amide bonds. The standard InChI is InChI=1S/C39H37ClFN5O2S2/c1-38(2,3)21-45-17-15-39(16-18-45)22-46(35-29(47)14-13-25(33(35)39)36-44-34-26(40)7-6-10-30(34)50-36)28-9-5-4-8-27(28)42-37(48)43-32-19-23-11-12-24(41)20-31(23)49-32/h4-14,19-20,47H,15-18,21-22H2,1-3H3,(H2,42,43,48). The lowest BCUT2D eigenvalue weighted by Crippen LogP contribution is -2.47. The van der Waals surface area contributed by atoms with Gasteiger partial charge in [-0.15, -0.1) is 22.7 Å². The number of aromatic nitrogens is 1. The van der Waals surface area contributed by atoms with Gasteiger partial charge >= 0.3 is 6.03 Å². The molecule has 256 valence electrons. The highest BCUT2D eigenvalue weighted by Crippen LogP contribution is 2.57. The number of hydrogen-bond donors (Lipinski definition) is 3. The Morgan fingerprint density at radius 3 is 2.56 bits per heavy atom. The van der Waals surface area contributed by atoms with Crippen molar-refractivity contribution in [3.8, 4) is 16.3 Å². The molecule has 0 bridgehead atoms. The highest BCUT2D eigenvalue weighted by Gasteiger charge is 2.49. The van der Waals surface area contributed by atoms with Gasteiger partial charge in [-0.3, -0.25) is 5.32 Å². The van der Waals surface area contributed by atoms with Crippen LogP contribution in [0.3, 0.4) is 0 Å². The van der Waals surface area contributed by atoms with Gasteiger partial charge in [0.25, 0.3) is 0 Å². The summed E-state index contributed by atoms with van der Waals surface area (Å²) in [5, 5.41) is 20.6. The highest BCUT2D eigenvalue weighted by atomic mass is 35.5. The van der Waals surface area contributed by atoms with Crippen molar-refractivity contribution in [2.45, 2.75) is 39.0 Å². The van der Waals surface area contributed by atoms with Crippen molar-refractivity contribution in [2.75, 3.05) is 41.7 Å². The number of halogens is 2. The Bertz CT molecular complexity index is 2270. The lowest BCUT2D eigenvalue weighted by Gasteiger charge is -2.42. The number of carbonyl (C=O) groups excluding carboxylic acids is 1. The molecule has 4 heterocycles. The number of anilines is 4. The van der Waals surface area contributed by atoms with Gasteiger partial charge in [0.1, 0.15) is 22.1 Å². The van der Waals surface area contributed by atoms with Crippen molar-refractivity contribution < 1.29 is 14.3 Å². The fourth-order valence-corrected chi connectivity index (χ4v) is 9.91. The number of urea groups is 1. The third-order valence-corrected chi connectivity index (χ3v) is 12.1. The van der Waals surface area contributed by atoms with Crippen LogP contribution >= 0.6 is 34.3 Å². The van der Waals surface area contributed by atoms with Crippen LogP contribution in [0.1, 0.15) is 39.2 Å². The summed E-state index contributed by atoms with van der Waals surface area (Å²) in [7, 11) is 0. The number of nitrogens with zero attached hydrogens (tertiary/aromatic N) is 3. The molecule has 0 unspecified atom stereocenters. The molecule has 2 aliphatic heterocycles. The van der Waals surface area contributed by atoms with E-state index in [0.29, 0.717) is 22.3 Å². The van der Waals surface area contributed by atoms with Gasteiger partial charge in [-0.25, -0.2) is 14.2 Å². The number of phenols is 1. The van der Waals surface area contributed by atoms with Gasteiger partial charge in [0.15, 0.2) is 0 Å². The van der Waals surface area contributed by atoms with E-state index in [2.05, 4.69) is 41.2 Å². The summed E-state index contributed by atoms with van der Waals surface area (Å²) >= 11 is 9.52. The van der Waals surface area contributed by atoms with E-state index in [1.165, 1.54) is 23.5 Å². The Kier molecular flexibility index (Phi) is 8.26. The third-order valence-electron chi connectivity index (χ3n) is 9.69. The van der Waals surface area contributed by atoms with E-state index >= 15 is 0 Å². The smallest absolute Gasteiger partial charge is 0.324 e. The van der Waals surface area contributed by atoms with Crippen LogP contribution in [0.5, 0.6) is 5.75 Å². The van der Waals surface area contributed by atoms with Crippen LogP contribution in [-0.4, -0.2) is 47.2 Å². The van der Waals surface area contributed by atoms with E-state index in [4.69, 9.17) is 16.6 Å². The topological polar surface area (TPSA) is 80.7 Å². The maximum Gasteiger partial charge on any atom is 0.324 e. The third kappa shape index (κ3) is 6.08. The first-order valence-corrected chi connectivity index (χ1v) is 18.8. The fraction of sp³-hybridized carbons (Fsp3) is 0.282. The molecule has 1 saturated heterocycles. The minimum Gasteiger partial charge on any atom is -0.506 e. The number of likely N-dealkylation sites (tertiary alicyclic amines) is 1. The molecule has 8 rings (SSSR count). The summed E-state index contributed by atoms with van der Waals surface area (Å²) in [6, 6.07) is 23.3. The number of thiazole rings is 1. The molecule has 2 aliphatic rings. The minimum atomic E-state index is -0.404. The Morgan fingerprint density at radius 1 is 0.980 bits per heavy atom. The van der Waals surface area contributed by atoms with Gasteiger partial charge in [0, 0.05) is 28.8 Å². The van der Waals surface area contributed by atoms with E-state index in [-0.39, 0.29) is 22.4 Å². The number of piperidine rings is 1. The summed E-state index contributed by atoms with van der Waals surface area (Å²) in [4.78, 5) is 23.2. The zero-order valence-corrected chi connectivity index (χ0v) is 30.4. The molecule has 0 atom stereocenters. The van der Waals surface area contributed by atoms with Crippen molar-refractivity contribution in [3.05, 3.63) is 95.3 Å². The van der Waals surface area contributed by atoms with Crippen molar-refractivity contribution in [1.29, 1.82) is 0 Å². The van der Waals surface area contributed by atoms with E-state index in [0.717, 1.165) is 80.3 Å². The van der Waals surface area contributed by atoms with Crippen LogP contribution in [0.15, 0.2) is 78.9 Å². The first-order chi connectivity index (χ1) is 24.0. The molecule has 7 nitrogen and oxygen atoms in total. The number of carbonyl (C=O) groups is 1. The summed E-state index contributed by atoms with van der Waals surface area (Å²) in [5.74, 6) is -0.125. The van der Waals surface area contributed by atoms with Gasteiger partial charge in [0.05, 0.1) is 31.8 Å². The summed E-state index contributed by atoms with van der Waals surface area (Å²) in [6.07, 6.45) is 1.83. The molecule has 0 aliphatic carbocycles. The largest absolute Gasteiger partial charge is 0.506 e. The van der Waals surface area contributed by atoms with Crippen LogP contribution in [-0.2, 0) is 5.41 Å². The number of benzene rings is 4. The number of aromatic hydroxyl groups is 1. The average Bonchev–Trinajstić information content (AvgIpc) is 3.77. The van der Waals surface area contributed by atoms with Gasteiger partial charge < -0.3 is 20.2 Å². The van der Waals surface area contributed by atoms with Gasteiger partial charge in [-0.05, 0) is 96.9 Å². The summed E-state index contributed by atoms with van der Waals surface area (Å²) in [6.45, 7) is 10.4. The summed E-state index contributed by atoms with van der Waals surface area (Å²) in [5.41, 5.74) is 4.96. The maximum atomic E-state index is 13.8. The molecule has 1 fully saturated rings. The number of para-hydroxylation sites is 3. The molecule has 0 saturated carbocycles. The van der Waals surface area contributed by atoms with Crippen molar-refractivity contribution in [3.63, 3.8) is 0 Å². The van der Waals surface area contributed by atoms with Crippen LogP contribution in [0.4, 0.5) is 31.2 Å². The summed E-state index contributed by atoms with van der Waals surface area (Å²) < 4.78 is 15.6. The first kappa shape index (κ1) is 33.0. The SMILES string of the molecule is CC(C)(C)CN1CCC2(CC1)CN(c1ccccc1NC(=O)Nc1cc3ccc(F)cc3s1)c1c(O)ccc(-c3nc4c(Cl)cccc4s3)c12. The molecule has 3 N–H and O–H groups in total. The lowest BCUT2D eigenvalue weighted by atomic mass is 9.72. The second-order valence-electron chi connectivity index (χ2n) is 14.6. The van der Waals surface area contributed by atoms with Crippen LogP contribution in [0, 0.1) is 11.2 Å². The molecule has 11 heteroatoms. The van der Waals surface area contributed by atoms with Crippen molar-refractivity contribution >= 4 is 82.7 Å². The van der Waals surface area contributed by atoms with Crippen molar-refractivity contribution in [2.24, 2.45) is 5.41 Å². The second kappa shape index (κ2) is 12.5. The molecule has 4 aromatic carbocycles. The lowest BCUT2D eigenvalue weighted by molar-refractivity contribution is 0.125. The number of amides is 2. The maximum absolute atomic E-state index is 13.8. The predicted molar refractivity (Wildman–Crippen MR) is 206 cm³/mol. The number of fused-ring (bicyclic) bond motifs is 4. The Labute approximate surface area is 303 Å². The van der Waals surface area contributed by atoms with E-state index in [9.17, 15) is 14.3 Å². The highest BCUT2D eigenvalue weighted by molar-refractivity contribution is 7.23. The number of rotatable bonds is 5. The number of phenolic OH excluding ortho intramolecular Hbond substituents is 1. The average molecular weight is 726 g/mol. The van der Waals surface area contributed by atoms with E-state index < -0.39 is 6.03 Å². The molecule has 2 aromatic heterocycles. The van der Waals surface area contributed by atoms with Crippen LogP contribution < -0.4 is 15.5 Å². The molecule has 50 heavy (non-hydrogen) atoms. The van der Waals surface area contributed by atoms with Crippen LogP contribution in [0.2, 0.25) is 5.02 Å². The number of thiophene rings is 1. The monoisotopic (exact) mass is 725 g/mol. The predicted octanol–water partition coefficient (Wildman–Crippen LogP) is 10.9. The molecular formula is C39H37ClFN5O2S2. The van der Waals surface area contributed by atoms with Crippen molar-refractivity contribution in [1.82, 2.24) is 9.88 Å².